The summed E-state index contributed by atoms with van der Waals surface area (Å²) >= 11 is 0. The number of carbonyl (C=O) groups is 1. The second-order valence-corrected chi connectivity index (χ2v) is 10.1. The van der Waals surface area contributed by atoms with Crippen molar-refractivity contribution in [1.82, 2.24) is 19.4 Å². The van der Waals surface area contributed by atoms with Crippen molar-refractivity contribution in [2.24, 2.45) is 5.92 Å². The lowest BCUT2D eigenvalue weighted by atomic mass is 9.84. The fraction of sp³-hybridized carbons (Fsp3) is 0.481. The third-order valence-corrected chi connectivity index (χ3v) is 7.94. The maximum absolute atomic E-state index is 12.6. The summed E-state index contributed by atoms with van der Waals surface area (Å²) in [5.41, 5.74) is 6.02. The first-order valence-corrected chi connectivity index (χ1v) is 12.7. The quantitative estimate of drug-likeness (QED) is 0.601. The molecular weight excluding hydrogens is 424 g/mol. The van der Waals surface area contributed by atoms with Crippen LogP contribution in [-0.4, -0.2) is 84.7 Å². The minimum Gasteiger partial charge on any atom is -0.369 e. The third kappa shape index (κ3) is 4.02. The van der Waals surface area contributed by atoms with Gasteiger partial charge in [-0.25, -0.2) is 4.52 Å². The maximum Gasteiger partial charge on any atom is 0.225 e. The standard InChI is InChI=1S/C27H34N6O/c1-29-11-13-30(14-12-29)24-7-5-21(6-8-24)23-19-26-25(9-10-28-33(26)20-23)31-15-17-32(18-16-31)27(34)22-3-2-4-22/h5-10,19-20,22H,2-4,11-18H2,1H3. The Morgan fingerprint density at radius 1 is 0.853 bits per heavy atom. The molecule has 0 atom stereocenters. The van der Waals surface area contributed by atoms with Gasteiger partial charge < -0.3 is 19.6 Å². The van der Waals surface area contributed by atoms with Crippen LogP contribution in [0, 0.1) is 5.92 Å². The molecule has 1 saturated carbocycles. The zero-order valence-electron chi connectivity index (χ0n) is 20.1. The molecule has 178 valence electrons. The number of benzene rings is 1. The number of likely N-dealkylation sites (N-methyl/N-ethyl adjacent to an activating group) is 1. The largest absolute Gasteiger partial charge is 0.369 e. The molecule has 0 spiro atoms. The topological polar surface area (TPSA) is 47.3 Å². The number of anilines is 2. The molecule has 1 aromatic carbocycles. The predicted molar refractivity (Wildman–Crippen MR) is 136 cm³/mol. The van der Waals surface area contributed by atoms with E-state index in [1.165, 1.54) is 28.9 Å². The molecule has 2 aromatic heterocycles. The van der Waals surface area contributed by atoms with Crippen molar-refractivity contribution < 1.29 is 4.79 Å². The highest BCUT2D eigenvalue weighted by molar-refractivity contribution is 5.82. The van der Waals surface area contributed by atoms with Gasteiger partial charge in [-0.3, -0.25) is 4.79 Å². The summed E-state index contributed by atoms with van der Waals surface area (Å²) in [6.07, 6.45) is 7.37. The van der Waals surface area contributed by atoms with Gasteiger partial charge in [0.15, 0.2) is 0 Å². The van der Waals surface area contributed by atoms with Crippen molar-refractivity contribution >= 4 is 22.8 Å². The number of amides is 1. The summed E-state index contributed by atoms with van der Waals surface area (Å²) in [5.74, 6) is 0.658. The SMILES string of the molecule is CN1CCN(c2ccc(-c3cc4c(N5CCN(C(=O)C6CCC6)CC5)ccnn4c3)cc2)CC1. The number of aromatic nitrogens is 2. The van der Waals surface area contributed by atoms with E-state index in [9.17, 15) is 4.79 Å². The zero-order chi connectivity index (χ0) is 23.1. The monoisotopic (exact) mass is 458 g/mol. The second kappa shape index (κ2) is 8.95. The molecule has 0 radical (unpaired) electrons. The molecule has 1 amide bonds. The predicted octanol–water partition coefficient (Wildman–Crippen LogP) is 3.20. The van der Waals surface area contributed by atoms with Crippen LogP contribution in [0.3, 0.4) is 0 Å². The lowest BCUT2D eigenvalue weighted by Crippen LogP contribution is -2.51. The van der Waals surface area contributed by atoms with Gasteiger partial charge >= 0.3 is 0 Å². The first kappa shape index (κ1) is 21.5. The van der Waals surface area contributed by atoms with Gasteiger partial charge in [-0.2, -0.15) is 5.10 Å². The van der Waals surface area contributed by atoms with Crippen LogP contribution >= 0.6 is 0 Å². The minimum atomic E-state index is 0.287. The Kier molecular flexibility index (Phi) is 5.65. The maximum atomic E-state index is 12.6. The fourth-order valence-electron chi connectivity index (χ4n) is 5.44. The van der Waals surface area contributed by atoms with E-state index < -0.39 is 0 Å². The normalized spacial score (nSPS) is 20.1. The second-order valence-electron chi connectivity index (χ2n) is 10.1. The first-order chi connectivity index (χ1) is 16.7. The Morgan fingerprint density at radius 2 is 1.56 bits per heavy atom. The van der Waals surface area contributed by atoms with E-state index in [-0.39, 0.29) is 5.92 Å². The molecule has 2 aliphatic heterocycles. The average Bonchev–Trinajstić information content (AvgIpc) is 3.28. The number of nitrogens with zero attached hydrogens (tertiary/aromatic N) is 6. The molecule has 3 aromatic rings. The van der Waals surface area contributed by atoms with Gasteiger partial charge in [0.05, 0.1) is 11.2 Å². The highest BCUT2D eigenvalue weighted by Gasteiger charge is 2.31. The van der Waals surface area contributed by atoms with E-state index in [1.54, 1.807) is 0 Å². The Morgan fingerprint density at radius 3 is 2.24 bits per heavy atom. The van der Waals surface area contributed by atoms with Crippen LogP contribution in [0.1, 0.15) is 19.3 Å². The fourth-order valence-corrected chi connectivity index (χ4v) is 5.44. The lowest BCUT2D eigenvalue weighted by Gasteiger charge is -2.39. The van der Waals surface area contributed by atoms with E-state index >= 15 is 0 Å². The van der Waals surface area contributed by atoms with E-state index in [0.717, 1.165) is 70.7 Å². The van der Waals surface area contributed by atoms with Gasteiger partial charge in [0.2, 0.25) is 5.91 Å². The zero-order valence-corrected chi connectivity index (χ0v) is 20.1. The summed E-state index contributed by atoms with van der Waals surface area (Å²) in [6, 6.07) is 13.3. The van der Waals surface area contributed by atoms with E-state index in [4.69, 9.17) is 0 Å². The first-order valence-electron chi connectivity index (χ1n) is 12.7. The van der Waals surface area contributed by atoms with Crippen LogP contribution in [0.2, 0.25) is 0 Å². The molecule has 1 aliphatic carbocycles. The molecule has 0 N–H and O–H groups in total. The van der Waals surface area contributed by atoms with Crippen LogP contribution in [0.4, 0.5) is 11.4 Å². The Balaban J connectivity index is 1.18. The number of hydrogen-bond donors (Lipinski definition) is 0. The van der Waals surface area contributed by atoms with Crippen molar-refractivity contribution in [2.45, 2.75) is 19.3 Å². The number of rotatable bonds is 4. The third-order valence-electron chi connectivity index (χ3n) is 7.94. The highest BCUT2D eigenvalue weighted by Crippen LogP contribution is 2.31. The van der Waals surface area contributed by atoms with Gasteiger partial charge in [-0.05, 0) is 49.7 Å². The highest BCUT2D eigenvalue weighted by atomic mass is 16.2. The molecule has 4 heterocycles. The van der Waals surface area contributed by atoms with Gasteiger partial charge in [0, 0.05) is 81.9 Å². The van der Waals surface area contributed by atoms with Gasteiger partial charge in [0.25, 0.3) is 0 Å². The summed E-state index contributed by atoms with van der Waals surface area (Å²) in [6.45, 7) is 7.76. The molecule has 2 saturated heterocycles. The van der Waals surface area contributed by atoms with E-state index in [2.05, 4.69) is 74.3 Å². The smallest absolute Gasteiger partial charge is 0.225 e. The average molecular weight is 459 g/mol. The van der Waals surface area contributed by atoms with Crippen LogP contribution < -0.4 is 9.80 Å². The minimum absolute atomic E-state index is 0.287. The number of hydrogen-bond acceptors (Lipinski definition) is 5. The van der Waals surface area contributed by atoms with E-state index in [1.807, 2.05) is 10.7 Å². The van der Waals surface area contributed by atoms with Crippen molar-refractivity contribution in [3.05, 3.63) is 48.8 Å². The van der Waals surface area contributed by atoms with Crippen LogP contribution in [0.25, 0.3) is 16.6 Å². The summed E-state index contributed by atoms with van der Waals surface area (Å²) in [4.78, 5) is 22.0. The van der Waals surface area contributed by atoms with Gasteiger partial charge in [0.1, 0.15) is 0 Å². The molecule has 7 heteroatoms. The molecule has 3 aliphatic rings. The molecule has 7 nitrogen and oxygen atoms in total. The summed E-state index contributed by atoms with van der Waals surface area (Å²) < 4.78 is 1.99. The molecule has 6 rings (SSSR count). The summed E-state index contributed by atoms with van der Waals surface area (Å²) in [7, 11) is 2.19. The van der Waals surface area contributed by atoms with Crippen molar-refractivity contribution in [3.8, 4) is 11.1 Å². The molecule has 0 bridgehead atoms. The number of piperazine rings is 2. The number of fused-ring (bicyclic) bond motifs is 1. The van der Waals surface area contributed by atoms with Crippen LogP contribution in [-0.2, 0) is 4.79 Å². The van der Waals surface area contributed by atoms with Crippen molar-refractivity contribution in [2.75, 3.05) is 69.2 Å². The Hall–Kier alpha value is -3.06. The lowest BCUT2D eigenvalue weighted by molar-refractivity contribution is -0.138. The van der Waals surface area contributed by atoms with E-state index in [0.29, 0.717) is 5.91 Å². The molecule has 34 heavy (non-hydrogen) atoms. The molecule has 0 unspecified atom stereocenters. The summed E-state index contributed by atoms with van der Waals surface area (Å²) in [5, 5.41) is 4.58. The molecular formula is C27H34N6O. The van der Waals surface area contributed by atoms with Gasteiger partial charge in [-0.1, -0.05) is 18.6 Å². The Bertz CT molecular complexity index is 1150. The van der Waals surface area contributed by atoms with Crippen molar-refractivity contribution in [3.63, 3.8) is 0 Å². The van der Waals surface area contributed by atoms with Crippen molar-refractivity contribution in [1.29, 1.82) is 0 Å². The van der Waals surface area contributed by atoms with Crippen LogP contribution in [0.15, 0.2) is 48.8 Å². The Labute approximate surface area is 201 Å². The number of carbonyl (C=O) groups excluding carboxylic acids is 1. The molecule has 3 fully saturated rings. The van der Waals surface area contributed by atoms with Gasteiger partial charge in [-0.15, -0.1) is 0 Å². The van der Waals surface area contributed by atoms with Crippen LogP contribution in [0.5, 0.6) is 0 Å².